The van der Waals surface area contributed by atoms with Gasteiger partial charge in [-0.1, -0.05) is 24.3 Å². The van der Waals surface area contributed by atoms with Crippen LogP contribution in [0, 0.1) is 5.82 Å². The second kappa shape index (κ2) is 7.31. The van der Waals surface area contributed by atoms with Gasteiger partial charge in [-0.15, -0.1) is 0 Å². The van der Waals surface area contributed by atoms with E-state index >= 15 is 0 Å². The number of rotatable bonds is 3. The molecule has 28 heavy (non-hydrogen) atoms. The molecule has 0 atom stereocenters. The van der Waals surface area contributed by atoms with Crippen LogP contribution in [0.2, 0.25) is 0 Å². The number of carbonyl (C=O) groups excluding carboxylic acids is 1. The molecule has 2 aromatic carbocycles. The lowest BCUT2D eigenvalue weighted by Gasteiger charge is -2.27. The van der Waals surface area contributed by atoms with Gasteiger partial charge in [-0.25, -0.2) is 9.38 Å². The molecule has 2 aliphatic rings. The van der Waals surface area contributed by atoms with Gasteiger partial charge in [0.15, 0.2) is 0 Å². The van der Waals surface area contributed by atoms with E-state index in [0.29, 0.717) is 18.1 Å². The number of halogens is 1. The Hall–Kier alpha value is -3.41. The molecule has 4 rings (SSSR count). The maximum absolute atomic E-state index is 13.0. The number of amidine groups is 1. The van der Waals surface area contributed by atoms with E-state index in [-0.39, 0.29) is 11.7 Å². The Labute approximate surface area is 163 Å². The Morgan fingerprint density at radius 3 is 2.61 bits per heavy atom. The third kappa shape index (κ3) is 3.53. The zero-order valence-electron chi connectivity index (χ0n) is 15.7. The second-order valence-electron chi connectivity index (χ2n) is 6.75. The van der Waals surface area contributed by atoms with Crippen LogP contribution in [0.1, 0.15) is 11.1 Å². The van der Waals surface area contributed by atoms with Gasteiger partial charge in [0.1, 0.15) is 29.7 Å². The summed E-state index contributed by atoms with van der Waals surface area (Å²) in [5.41, 5.74) is 3.09. The Kier molecular flexibility index (Phi) is 4.69. The summed E-state index contributed by atoms with van der Waals surface area (Å²) in [6, 6.07) is 12.0. The van der Waals surface area contributed by atoms with E-state index < -0.39 is 0 Å². The van der Waals surface area contributed by atoms with Gasteiger partial charge >= 0.3 is 0 Å². The SMILES string of the molecule is CN1C(=O)/C(=C/c2ccc3c(c2)OCCN3C)N=C1/C=C/c1ccc(F)cc1. The molecule has 0 saturated heterocycles. The van der Waals surface area contributed by atoms with Gasteiger partial charge in [0.2, 0.25) is 0 Å². The van der Waals surface area contributed by atoms with Crippen LogP contribution in [0.3, 0.4) is 0 Å². The first-order chi connectivity index (χ1) is 13.5. The van der Waals surface area contributed by atoms with E-state index in [1.54, 1.807) is 37.4 Å². The zero-order chi connectivity index (χ0) is 19.7. The Balaban J connectivity index is 1.59. The highest BCUT2D eigenvalue weighted by Gasteiger charge is 2.25. The predicted octanol–water partition coefficient (Wildman–Crippen LogP) is 3.58. The van der Waals surface area contributed by atoms with Crippen molar-refractivity contribution < 1.29 is 13.9 Å². The lowest BCUT2D eigenvalue weighted by molar-refractivity contribution is -0.121. The van der Waals surface area contributed by atoms with Crippen molar-refractivity contribution in [3.8, 4) is 5.75 Å². The summed E-state index contributed by atoms with van der Waals surface area (Å²) in [5, 5.41) is 0. The molecular weight excluding hydrogens is 357 g/mol. The second-order valence-corrected chi connectivity index (χ2v) is 6.75. The minimum Gasteiger partial charge on any atom is -0.490 e. The topological polar surface area (TPSA) is 45.1 Å². The van der Waals surface area contributed by atoms with Gasteiger partial charge in [0.05, 0.1) is 12.2 Å². The summed E-state index contributed by atoms with van der Waals surface area (Å²) in [6.45, 7) is 1.49. The smallest absolute Gasteiger partial charge is 0.277 e. The maximum Gasteiger partial charge on any atom is 0.277 e. The molecule has 1 amide bonds. The fourth-order valence-corrected chi connectivity index (χ4v) is 3.13. The molecule has 0 bridgehead atoms. The summed E-state index contributed by atoms with van der Waals surface area (Å²) in [7, 11) is 3.71. The van der Waals surface area contributed by atoms with Gasteiger partial charge < -0.3 is 9.64 Å². The van der Waals surface area contributed by atoms with Crippen molar-refractivity contribution in [1.29, 1.82) is 0 Å². The molecule has 6 heteroatoms. The first kappa shape index (κ1) is 18.0. The van der Waals surface area contributed by atoms with Crippen LogP contribution in [0.15, 0.2) is 59.2 Å². The summed E-state index contributed by atoms with van der Waals surface area (Å²) < 4.78 is 18.7. The number of nitrogens with zero attached hydrogens (tertiary/aromatic N) is 3. The predicted molar refractivity (Wildman–Crippen MR) is 109 cm³/mol. The van der Waals surface area contributed by atoms with Crippen LogP contribution in [-0.4, -0.2) is 43.9 Å². The fraction of sp³-hybridized carbons (Fsp3) is 0.182. The molecule has 0 N–H and O–H groups in total. The first-order valence-electron chi connectivity index (χ1n) is 9.01. The van der Waals surface area contributed by atoms with Crippen LogP contribution in [-0.2, 0) is 4.79 Å². The van der Waals surface area contributed by atoms with Gasteiger partial charge in [-0.05, 0) is 47.5 Å². The Bertz CT molecular complexity index is 1010. The monoisotopic (exact) mass is 377 g/mol. The minimum absolute atomic E-state index is 0.172. The van der Waals surface area contributed by atoms with E-state index in [9.17, 15) is 9.18 Å². The van der Waals surface area contributed by atoms with Crippen LogP contribution in [0.4, 0.5) is 10.1 Å². The number of anilines is 1. The molecule has 0 aromatic heterocycles. The van der Waals surface area contributed by atoms with Crippen molar-refractivity contribution in [2.75, 3.05) is 32.1 Å². The number of hydrogen-bond donors (Lipinski definition) is 0. The van der Waals surface area contributed by atoms with Crippen LogP contribution < -0.4 is 9.64 Å². The number of hydrogen-bond acceptors (Lipinski definition) is 4. The van der Waals surface area contributed by atoms with E-state index in [1.807, 2.05) is 25.2 Å². The van der Waals surface area contributed by atoms with Gasteiger partial charge in [0, 0.05) is 14.1 Å². The van der Waals surface area contributed by atoms with Crippen molar-refractivity contribution in [3.05, 3.63) is 71.2 Å². The third-order valence-electron chi connectivity index (χ3n) is 4.78. The average molecular weight is 377 g/mol. The Morgan fingerprint density at radius 2 is 1.82 bits per heavy atom. The summed E-state index contributed by atoms with van der Waals surface area (Å²) in [6.07, 6.45) is 5.31. The quantitative estimate of drug-likeness (QED) is 0.768. The van der Waals surface area contributed by atoms with Crippen molar-refractivity contribution in [1.82, 2.24) is 4.90 Å². The lowest BCUT2D eigenvalue weighted by Crippen LogP contribution is -2.28. The fourth-order valence-electron chi connectivity index (χ4n) is 3.13. The highest BCUT2D eigenvalue weighted by molar-refractivity contribution is 6.18. The number of fused-ring (bicyclic) bond motifs is 1. The molecule has 0 saturated carbocycles. The zero-order valence-corrected chi connectivity index (χ0v) is 15.7. The molecule has 0 unspecified atom stereocenters. The number of carbonyl (C=O) groups is 1. The van der Waals surface area contributed by atoms with E-state index in [1.165, 1.54) is 17.0 Å². The number of likely N-dealkylation sites (N-methyl/N-ethyl adjacent to an activating group) is 2. The molecule has 142 valence electrons. The molecule has 0 fully saturated rings. The summed E-state index contributed by atoms with van der Waals surface area (Å²) >= 11 is 0. The van der Waals surface area contributed by atoms with E-state index in [2.05, 4.69) is 9.89 Å². The average Bonchev–Trinajstić information content (AvgIpc) is 2.96. The maximum atomic E-state index is 13.0. The number of amides is 1. The Morgan fingerprint density at radius 1 is 1.07 bits per heavy atom. The number of aliphatic imine (C=N–C) groups is 1. The largest absolute Gasteiger partial charge is 0.490 e. The number of benzene rings is 2. The lowest BCUT2D eigenvalue weighted by atomic mass is 10.1. The molecule has 0 radical (unpaired) electrons. The van der Waals surface area contributed by atoms with Crippen LogP contribution in [0.5, 0.6) is 5.75 Å². The van der Waals surface area contributed by atoms with Crippen LogP contribution in [0.25, 0.3) is 12.2 Å². The van der Waals surface area contributed by atoms with Crippen molar-refractivity contribution in [2.24, 2.45) is 4.99 Å². The summed E-state index contributed by atoms with van der Waals surface area (Å²) in [5.74, 6) is 0.888. The molecule has 5 nitrogen and oxygen atoms in total. The van der Waals surface area contributed by atoms with Gasteiger partial charge in [-0.3, -0.25) is 9.69 Å². The third-order valence-corrected chi connectivity index (χ3v) is 4.78. The van der Waals surface area contributed by atoms with E-state index in [4.69, 9.17) is 4.74 Å². The van der Waals surface area contributed by atoms with Gasteiger partial charge in [0.25, 0.3) is 5.91 Å². The number of ether oxygens (including phenoxy) is 1. The highest BCUT2D eigenvalue weighted by Crippen LogP contribution is 2.32. The standard InChI is InChI=1S/C22H20FN3O2/c1-25-11-12-28-20-14-16(5-9-19(20)25)13-18-22(27)26(2)21(24-18)10-6-15-3-7-17(23)8-4-15/h3-10,13-14H,11-12H2,1-2H3/b10-6+,18-13-. The summed E-state index contributed by atoms with van der Waals surface area (Å²) in [4.78, 5) is 20.6. The molecule has 0 spiro atoms. The molecular formula is C22H20FN3O2. The molecule has 2 heterocycles. The highest BCUT2D eigenvalue weighted by atomic mass is 19.1. The first-order valence-corrected chi connectivity index (χ1v) is 9.01. The molecule has 2 aromatic rings. The van der Waals surface area contributed by atoms with Gasteiger partial charge in [-0.2, -0.15) is 0 Å². The molecule has 2 aliphatic heterocycles. The normalized spacial score (nSPS) is 17.9. The van der Waals surface area contributed by atoms with E-state index in [0.717, 1.165) is 29.1 Å². The van der Waals surface area contributed by atoms with Crippen molar-refractivity contribution >= 4 is 29.6 Å². The van der Waals surface area contributed by atoms with Crippen molar-refractivity contribution in [3.63, 3.8) is 0 Å². The molecule has 0 aliphatic carbocycles. The van der Waals surface area contributed by atoms with Crippen LogP contribution >= 0.6 is 0 Å². The van der Waals surface area contributed by atoms with Crippen molar-refractivity contribution in [2.45, 2.75) is 0 Å². The minimum atomic E-state index is -0.284.